The number of allylic oxidation sites excluding steroid dienone is 1. The fourth-order valence-corrected chi connectivity index (χ4v) is 4.28. The number of benzene rings is 3. The smallest absolute Gasteiger partial charge is 0.168 e. The highest BCUT2D eigenvalue weighted by atomic mass is 19.1. The summed E-state index contributed by atoms with van der Waals surface area (Å²) in [7, 11) is 1.34. The second kappa shape index (κ2) is 8.26. The normalized spacial score (nSPS) is 14.3. The van der Waals surface area contributed by atoms with Crippen LogP contribution in [0.15, 0.2) is 54.6 Å². The molecule has 0 unspecified atom stereocenters. The van der Waals surface area contributed by atoms with Crippen molar-refractivity contribution in [2.45, 2.75) is 32.9 Å². The third-order valence-corrected chi connectivity index (χ3v) is 5.42. The third kappa shape index (κ3) is 4.17. The Morgan fingerprint density at radius 1 is 0.938 bits per heavy atom. The Morgan fingerprint density at radius 2 is 1.72 bits per heavy atom. The highest BCUT2D eigenvalue weighted by Gasteiger charge is 2.27. The molecule has 3 nitrogen and oxygen atoms in total. The lowest BCUT2D eigenvalue weighted by molar-refractivity contribution is 0.304. The molecule has 1 aliphatic rings. The van der Waals surface area contributed by atoms with Gasteiger partial charge in [0.2, 0.25) is 0 Å². The molecule has 0 saturated carbocycles. The van der Waals surface area contributed by atoms with E-state index in [4.69, 9.17) is 9.47 Å². The number of halogens is 3. The summed E-state index contributed by atoms with van der Waals surface area (Å²) in [5.74, 6) is -1.60. The average Bonchev–Trinajstić information content (AvgIpc) is 2.70. The van der Waals surface area contributed by atoms with E-state index in [9.17, 15) is 13.2 Å². The number of hydrogen-bond donors (Lipinski definition) is 1. The van der Waals surface area contributed by atoms with E-state index in [2.05, 4.69) is 25.2 Å². The van der Waals surface area contributed by atoms with Crippen LogP contribution in [0.5, 0.6) is 11.5 Å². The van der Waals surface area contributed by atoms with Gasteiger partial charge in [0.25, 0.3) is 0 Å². The minimum Gasteiger partial charge on any atom is -0.493 e. The first-order valence-corrected chi connectivity index (χ1v) is 10.2. The van der Waals surface area contributed by atoms with Gasteiger partial charge in [-0.05, 0) is 56.2 Å². The highest BCUT2D eigenvalue weighted by molar-refractivity contribution is 5.88. The van der Waals surface area contributed by atoms with Crippen LogP contribution in [0.3, 0.4) is 0 Å². The van der Waals surface area contributed by atoms with E-state index in [1.807, 2.05) is 13.0 Å². The van der Waals surface area contributed by atoms with Crippen LogP contribution in [0, 0.1) is 17.5 Å². The van der Waals surface area contributed by atoms with Gasteiger partial charge in [0, 0.05) is 34.5 Å². The van der Waals surface area contributed by atoms with Crippen LogP contribution < -0.4 is 14.8 Å². The van der Waals surface area contributed by atoms with Crippen molar-refractivity contribution < 1.29 is 22.6 Å². The SMILES string of the molecule is COc1c(F)cc(F)cc1-c1ccc2c(c1COc1cccc(F)c1)C(C)=CC(C)(C)N2. The number of ether oxygens (including phenoxy) is 2. The van der Waals surface area contributed by atoms with E-state index in [-0.39, 0.29) is 23.5 Å². The lowest BCUT2D eigenvalue weighted by Gasteiger charge is -2.33. The van der Waals surface area contributed by atoms with Crippen LogP contribution in [0.2, 0.25) is 0 Å². The molecule has 0 saturated heterocycles. The number of fused-ring (bicyclic) bond motifs is 1. The Morgan fingerprint density at radius 3 is 2.44 bits per heavy atom. The second-order valence-corrected chi connectivity index (χ2v) is 8.40. The lowest BCUT2D eigenvalue weighted by Crippen LogP contribution is -2.32. The summed E-state index contributed by atoms with van der Waals surface area (Å²) in [6, 6.07) is 11.6. The van der Waals surface area contributed by atoms with Gasteiger partial charge in [-0.25, -0.2) is 13.2 Å². The van der Waals surface area contributed by atoms with Gasteiger partial charge in [0.15, 0.2) is 11.6 Å². The first-order valence-electron chi connectivity index (χ1n) is 10.2. The van der Waals surface area contributed by atoms with E-state index in [1.54, 1.807) is 18.2 Å². The Bertz CT molecular complexity index is 1220. The zero-order chi connectivity index (χ0) is 23.0. The first kappa shape index (κ1) is 21.8. The van der Waals surface area contributed by atoms with E-state index >= 15 is 0 Å². The molecular formula is C26H24F3NO2. The van der Waals surface area contributed by atoms with Crippen molar-refractivity contribution in [3.8, 4) is 22.6 Å². The van der Waals surface area contributed by atoms with Crippen LogP contribution in [0.25, 0.3) is 16.7 Å². The molecule has 166 valence electrons. The van der Waals surface area contributed by atoms with Crippen molar-refractivity contribution >= 4 is 11.3 Å². The van der Waals surface area contributed by atoms with Gasteiger partial charge in [0.1, 0.15) is 24.0 Å². The van der Waals surface area contributed by atoms with Crippen molar-refractivity contribution in [1.82, 2.24) is 0 Å². The monoisotopic (exact) mass is 439 g/mol. The van der Waals surface area contributed by atoms with Gasteiger partial charge in [-0.1, -0.05) is 18.2 Å². The Labute approximate surface area is 185 Å². The van der Waals surface area contributed by atoms with Gasteiger partial charge in [-0.2, -0.15) is 0 Å². The molecule has 0 fully saturated rings. The largest absolute Gasteiger partial charge is 0.493 e. The third-order valence-electron chi connectivity index (χ3n) is 5.42. The summed E-state index contributed by atoms with van der Waals surface area (Å²) in [5, 5.41) is 3.47. The van der Waals surface area contributed by atoms with E-state index in [1.165, 1.54) is 25.3 Å². The van der Waals surface area contributed by atoms with Crippen molar-refractivity contribution in [2.75, 3.05) is 12.4 Å². The second-order valence-electron chi connectivity index (χ2n) is 8.40. The number of anilines is 1. The molecule has 0 bridgehead atoms. The van der Waals surface area contributed by atoms with Gasteiger partial charge < -0.3 is 14.8 Å². The summed E-state index contributed by atoms with van der Waals surface area (Å²) < 4.78 is 53.5. The van der Waals surface area contributed by atoms with Gasteiger partial charge in [-0.3, -0.25) is 0 Å². The molecule has 1 heterocycles. The van der Waals surface area contributed by atoms with Crippen LogP contribution in [-0.2, 0) is 6.61 Å². The zero-order valence-corrected chi connectivity index (χ0v) is 18.4. The highest BCUT2D eigenvalue weighted by Crippen LogP contribution is 2.43. The van der Waals surface area contributed by atoms with Crippen LogP contribution in [0.4, 0.5) is 18.9 Å². The number of methoxy groups -OCH3 is 1. The quantitative estimate of drug-likeness (QED) is 0.466. The van der Waals surface area contributed by atoms with Crippen LogP contribution in [-0.4, -0.2) is 12.6 Å². The van der Waals surface area contributed by atoms with Crippen molar-refractivity contribution in [3.63, 3.8) is 0 Å². The van der Waals surface area contributed by atoms with Crippen LogP contribution in [0.1, 0.15) is 31.9 Å². The maximum absolute atomic E-state index is 14.5. The molecule has 0 amide bonds. The summed E-state index contributed by atoms with van der Waals surface area (Å²) >= 11 is 0. The fourth-order valence-electron chi connectivity index (χ4n) is 4.28. The predicted molar refractivity (Wildman–Crippen MR) is 120 cm³/mol. The molecule has 4 rings (SSSR count). The van der Waals surface area contributed by atoms with Crippen molar-refractivity contribution in [3.05, 3.63) is 83.2 Å². The summed E-state index contributed by atoms with van der Waals surface area (Å²) in [5.41, 5.74) is 4.07. The molecule has 0 radical (unpaired) electrons. The van der Waals surface area contributed by atoms with Crippen molar-refractivity contribution in [1.29, 1.82) is 0 Å². The lowest BCUT2D eigenvalue weighted by atomic mass is 9.85. The number of nitrogens with one attached hydrogen (secondary N) is 1. The van der Waals surface area contributed by atoms with E-state index in [0.717, 1.165) is 22.9 Å². The minimum absolute atomic E-state index is 0.0518. The molecule has 3 aromatic carbocycles. The topological polar surface area (TPSA) is 30.5 Å². The Balaban J connectivity index is 1.91. The molecule has 1 aliphatic heterocycles. The maximum Gasteiger partial charge on any atom is 0.168 e. The molecular weight excluding hydrogens is 415 g/mol. The van der Waals surface area contributed by atoms with Gasteiger partial charge in [0.05, 0.1) is 12.6 Å². The minimum atomic E-state index is -0.788. The fraction of sp³-hybridized carbons (Fsp3) is 0.231. The summed E-state index contributed by atoms with van der Waals surface area (Å²) in [6.45, 7) is 6.17. The summed E-state index contributed by atoms with van der Waals surface area (Å²) in [4.78, 5) is 0. The Hall–Kier alpha value is -3.41. The summed E-state index contributed by atoms with van der Waals surface area (Å²) in [6.07, 6.45) is 2.09. The zero-order valence-electron chi connectivity index (χ0n) is 18.4. The van der Waals surface area contributed by atoms with Gasteiger partial charge in [-0.15, -0.1) is 0 Å². The van der Waals surface area contributed by atoms with Gasteiger partial charge >= 0.3 is 0 Å². The molecule has 0 atom stereocenters. The standard InChI is InChI=1S/C26H24F3NO2/c1-15-13-26(2,3)30-23-9-8-19(20-11-17(28)12-22(29)25(20)31-4)21(24(15)23)14-32-18-7-5-6-16(27)10-18/h5-13,30H,14H2,1-4H3. The number of hydrogen-bond acceptors (Lipinski definition) is 3. The molecule has 3 aromatic rings. The molecule has 0 aliphatic carbocycles. The number of rotatable bonds is 5. The predicted octanol–water partition coefficient (Wildman–Crippen LogP) is 6.97. The van der Waals surface area contributed by atoms with E-state index in [0.29, 0.717) is 16.9 Å². The average molecular weight is 439 g/mol. The maximum atomic E-state index is 14.5. The molecule has 6 heteroatoms. The van der Waals surface area contributed by atoms with Crippen LogP contribution >= 0.6 is 0 Å². The molecule has 1 N–H and O–H groups in total. The van der Waals surface area contributed by atoms with Crippen molar-refractivity contribution in [2.24, 2.45) is 0 Å². The van der Waals surface area contributed by atoms with E-state index < -0.39 is 17.5 Å². The Kier molecular flexibility index (Phi) is 5.63. The first-order chi connectivity index (χ1) is 15.2. The molecule has 0 spiro atoms. The molecule has 32 heavy (non-hydrogen) atoms. The molecule has 0 aromatic heterocycles.